The van der Waals surface area contributed by atoms with Gasteiger partial charge in [0.15, 0.2) is 0 Å². The van der Waals surface area contributed by atoms with E-state index in [0.29, 0.717) is 0 Å². The lowest BCUT2D eigenvalue weighted by atomic mass is 10.7. The Morgan fingerprint density at radius 1 is 1.42 bits per heavy atom. The number of aromatic nitrogens is 2. The lowest BCUT2D eigenvalue weighted by molar-refractivity contribution is 0.158. The summed E-state index contributed by atoms with van der Waals surface area (Å²) in [4.78, 5) is 0. The SMILES string of the molecule is COCc1nnc(C(Cl)(Cl)Cl)o1. The molecule has 0 unspecified atom stereocenters. The van der Waals surface area contributed by atoms with Gasteiger partial charge in [0.2, 0.25) is 5.89 Å². The molecule has 0 aliphatic carbocycles. The van der Waals surface area contributed by atoms with Crippen LogP contribution < -0.4 is 0 Å². The summed E-state index contributed by atoms with van der Waals surface area (Å²) < 4.78 is 8.01. The third-order valence-corrected chi connectivity index (χ3v) is 1.46. The van der Waals surface area contributed by atoms with Crippen LogP contribution in [0.4, 0.5) is 0 Å². The predicted octanol–water partition coefficient (Wildman–Crippen LogP) is 2.04. The van der Waals surface area contributed by atoms with E-state index in [1.807, 2.05) is 0 Å². The molecule has 0 fully saturated rings. The Hall–Kier alpha value is -0.0300. The quantitative estimate of drug-likeness (QED) is 0.731. The normalized spacial score (nSPS) is 12.0. The van der Waals surface area contributed by atoms with E-state index in [1.165, 1.54) is 7.11 Å². The third-order valence-electron chi connectivity index (χ3n) is 0.977. The van der Waals surface area contributed by atoms with E-state index in [4.69, 9.17) is 44.0 Å². The summed E-state index contributed by atoms with van der Waals surface area (Å²) in [6.45, 7) is 0.202. The molecule has 1 rings (SSSR count). The van der Waals surface area contributed by atoms with Gasteiger partial charge in [-0.25, -0.2) is 0 Å². The molecule has 12 heavy (non-hydrogen) atoms. The molecule has 1 aromatic rings. The first-order valence-corrected chi connectivity index (χ1v) is 4.06. The van der Waals surface area contributed by atoms with E-state index >= 15 is 0 Å². The predicted molar refractivity (Wildman–Crippen MR) is 44.2 cm³/mol. The molecule has 0 saturated heterocycles. The highest BCUT2D eigenvalue weighted by molar-refractivity contribution is 6.66. The van der Waals surface area contributed by atoms with Gasteiger partial charge < -0.3 is 9.15 Å². The summed E-state index contributed by atoms with van der Waals surface area (Å²) in [6.07, 6.45) is 0. The molecule has 0 aliphatic rings. The van der Waals surface area contributed by atoms with Crippen molar-refractivity contribution in [2.75, 3.05) is 7.11 Å². The molecule has 68 valence electrons. The highest BCUT2D eigenvalue weighted by Gasteiger charge is 2.30. The fourth-order valence-corrected chi connectivity index (χ4v) is 0.779. The molecule has 0 saturated carbocycles. The zero-order valence-corrected chi connectivity index (χ0v) is 8.32. The average molecular weight is 231 g/mol. The van der Waals surface area contributed by atoms with Gasteiger partial charge in [-0.1, -0.05) is 34.8 Å². The van der Waals surface area contributed by atoms with Gasteiger partial charge in [-0.2, -0.15) is 0 Å². The summed E-state index contributed by atoms with van der Waals surface area (Å²) in [5.74, 6) is 0.221. The van der Waals surface area contributed by atoms with Gasteiger partial charge in [0.1, 0.15) is 6.61 Å². The maximum atomic E-state index is 5.47. The molecule has 7 heteroatoms. The van der Waals surface area contributed by atoms with Gasteiger partial charge in [-0.3, -0.25) is 0 Å². The molecule has 0 atom stereocenters. The van der Waals surface area contributed by atoms with Crippen molar-refractivity contribution in [3.05, 3.63) is 11.8 Å². The van der Waals surface area contributed by atoms with E-state index < -0.39 is 3.79 Å². The van der Waals surface area contributed by atoms with E-state index in [2.05, 4.69) is 10.2 Å². The van der Waals surface area contributed by atoms with Crippen molar-refractivity contribution in [2.45, 2.75) is 10.4 Å². The molecule has 0 bridgehead atoms. The molecule has 4 nitrogen and oxygen atoms in total. The van der Waals surface area contributed by atoms with Gasteiger partial charge in [-0.15, -0.1) is 10.2 Å². The van der Waals surface area contributed by atoms with Crippen LogP contribution in [0.3, 0.4) is 0 Å². The van der Waals surface area contributed by atoms with Crippen molar-refractivity contribution >= 4 is 34.8 Å². The summed E-state index contributed by atoms with van der Waals surface area (Å²) in [5.41, 5.74) is 0. The van der Waals surface area contributed by atoms with Gasteiger partial charge in [0, 0.05) is 7.11 Å². The minimum atomic E-state index is -1.67. The van der Waals surface area contributed by atoms with Crippen LogP contribution in [0.25, 0.3) is 0 Å². The lowest BCUT2D eigenvalue weighted by Crippen LogP contribution is -1.99. The van der Waals surface area contributed by atoms with Crippen LogP contribution in [-0.4, -0.2) is 17.3 Å². The van der Waals surface area contributed by atoms with E-state index in [1.54, 1.807) is 0 Å². The van der Waals surface area contributed by atoms with Crippen molar-refractivity contribution in [3.8, 4) is 0 Å². The second kappa shape index (κ2) is 3.79. The van der Waals surface area contributed by atoms with Crippen LogP contribution in [-0.2, 0) is 15.1 Å². The van der Waals surface area contributed by atoms with Gasteiger partial charge in [0.25, 0.3) is 9.68 Å². The fraction of sp³-hybridized carbons (Fsp3) is 0.600. The summed E-state index contributed by atoms with van der Waals surface area (Å²) in [6, 6.07) is 0. The van der Waals surface area contributed by atoms with E-state index in [0.717, 1.165) is 0 Å². The number of nitrogens with zero attached hydrogens (tertiary/aromatic N) is 2. The number of halogens is 3. The smallest absolute Gasteiger partial charge is 0.268 e. The standard InChI is InChI=1S/C5H5Cl3N2O2/c1-11-2-3-9-10-4(12-3)5(6,7)8/h2H2,1H3. The first-order chi connectivity index (χ1) is 5.54. The maximum Gasteiger partial charge on any atom is 0.268 e. The number of hydrogen-bond donors (Lipinski definition) is 0. The minimum Gasteiger partial charge on any atom is -0.418 e. The fourth-order valence-electron chi connectivity index (χ4n) is 0.550. The first kappa shape index (κ1) is 10.1. The Kier molecular flexibility index (Phi) is 3.17. The molecule has 0 aliphatic heterocycles. The molecule has 0 N–H and O–H groups in total. The van der Waals surface area contributed by atoms with Crippen LogP contribution in [0.15, 0.2) is 4.42 Å². The number of rotatable bonds is 2. The second-order valence-corrected chi connectivity index (χ2v) is 4.21. The van der Waals surface area contributed by atoms with Crippen molar-refractivity contribution in [1.29, 1.82) is 0 Å². The Morgan fingerprint density at radius 2 is 2.08 bits per heavy atom. The molecule has 0 amide bonds. The van der Waals surface area contributed by atoms with Crippen molar-refractivity contribution in [3.63, 3.8) is 0 Å². The number of ether oxygens (including phenoxy) is 1. The average Bonchev–Trinajstić information content (AvgIpc) is 2.35. The van der Waals surface area contributed by atoms with Crippen LogP contribution in [0.1, 0.15) is 11.8 Å². The lowest BCUT2D eigenvalue weighted by Gasteiger charge is -2.01. The highest BCUT2D eigenvalue weighted by Crippen LogP contribution is 2.36. The summed E-state index contributed by atoms with van der Waals surface area (Å²) in [5, 5.41) is 7.09. The van der Waals surface area contributed by atoms with Crippen LogP contribution in [0, 0.1) is 0 Å². The monoisotopic (exact) mass is 230 g/mol. The molecule has 0 radical (unpaired) electrons. The molecule has 1 aromatic heterocycles. The van der Waals surface area contributed by atoms with Crippen LogP contribution >= 0.6 is 34.8 Å². The topological polar surface area (TPSA) is 48.2 Å². The van der Waals surface area contributed by atoms with Crippen molar-refractivity contribution in [1.82, 2.24) is 10.2 Å². The highest BCUT2D eigenvalue weighted by atomic mass is 35.6. The summed E-state index contributed by atoms with van der Waals surface area (Å²) >= 11 is 16.4. The van der Waals surface area contributed by atoms with Gasteiger partial charge in [-0.05, 0) is 0 Å². The van der Waals surface area contributed by atoms with Crippen molar-refractivity contribution < 1.29 is 9.15 Å². The zero-order valence-electron chi connectivity index (χ0n) is 6.05. The molecular weight excluding hydrogens is 226 g/mol. The van der Waals surface area contributed by atoms with Crippen LogP contribution in [0.5, 0.6) is 0 Å². The van der Waals surface area contributed by atoms with E-state index in [9.17, 15) is 0 Å². The number of methoxy groups -OCH3 is 1. The Morgan fingerprint density at radius 3 is 2.50 bits per heavy atom. The van der Waals surface area contributed by atoms with E-state index in [-0.39, 0.29) is 18.4 Å². The first-order valence-electron chi connectivity index (χ1n) is 2.92. The number of alkyl halides is 3. The van der Waals surface area contributed by atoms with Crippen molar-refractivity contribution in [2.24, 2.45) is 0 Å². The largest absolute Gasteiger partial charge is 0.418 e. The second-order valence-electron chi connectivity index (χ2n) is 1.93. The minimum absolute atomic E-state index is 0.0560. The molecular formula is C5H5Cl3N2O2. The Bertz CT molecular complexity index is 257. The third kappa shape index (κ3) is 2.48. The Labute approximate surface area is 83.8 Å². The zero-order chi connectivity index (χ0) is 9.19. The van der Waals surface area contributed by atoms with Gasteiger partial charge >= 0.3 is 0 Å². The van der Waals surface area contributed by atoms with Gasteiger partial charge in [0.05, 0.1) is 0 Å². The molecule has 0 aromatic carbocycles. The molecule has 0 spiro atoms. The molecule has 1 heterocycles. The summed E-state index contributed by atoms with van der Waals surface area (Å²) in [7, 11) is 1.50. The van der Waals surface area contributed by atoms with Crippen LogP contribution in [0.2, 0.25) is 0 Å². The Balaban J connectivity index is 2.77. The number of hydrogen-bond acceptors (Lipinski definition) is 4. The maximum absolute atomic E-state index is 5.47.